The van der Waals surface area contributed by atoms with Crippen molar-refractivity contribution in [1.82, 2.24) is 4.98 Å². The third kappa shape index (κ3) is 2.85. The van der Waals surface area contributed by atoms with E-state index >= 15 is 0 Å². The number of pyridine rings is 1. The van der Waals surface area contributed by atoms with Crippen molar-refractivity contribution in [2.24, 2.45) is 0 Å². The van der Waals surface area contributed by atoms with Gasteiger partial charge in [0.15, 0.2) is 0 Å². The molecule has 3 rings (SSSR count). The van der Waals surface area contributed by atoms with Crippen LogP contribution in [-0.2, 0) is 6.42 Å². The molecule has 1 heterocycles. The van der Waals surface area contributed by atoms with E-state index in [1.807, 2.05) is 18.2 Å². The molecule has 1 unspecified atom stereocenters. The van der Waals surface area contributed by atoms with Gasteiger partial charge in [-0.05, 0) is 42.0 Å². The number of rotatable bonds is 4. The summed E-state index contributed by atoms with van der Waals surface area (Å²) in [7, 11) is 0. The van der Waals surface area contributed by atoms with Gasteiger partial charge in [0.05, 0.1) is 6.10 Å². The highest BCUT2D eigenvalue weighted by molar-refractivity contribution is 5.28. The minimum atomic E-state index is -0.467. The second-order valence-corrected chi connectivity index (χ2v) is 5.34. The Morgan fingerprint density at radius 2 is 1.89 bits per heavy atom. The Kier molecular flexibility index (Phi) is 3.60. The molecule has 1 aliphatic carbocycles. The van der Waals surface area contributed by atoms with Gasteiger partial charge in [-0.2, -0.15) is 0 Å². The lowest BCUT2D eigenvalue weighted by atomic mass is 9.80. The summed E-state index contributed by atoms with van der Waals surface area (Å²) in [4.78, 5) is 4.25. The van der Waals surface area contributed by atoms with E-state index in [1.165, 1.54) is 24.8 Å². The molecule has 98 valence electrons. The molecular formula is C17H19NO. The first kappa shape index (κ1) is 12.4. The van der Waals surface area contributed by atoms with Crippen LogP contribution in [-0.4, -0.2) is 10.1 Å². The Balaban J connectivity index is 1.67. The van der Waals surface area contributed by atoms with Crippen molar-refractivity contribution < 1.29 is 5.11 Å². The SMILES string of the molecule is OC(Cc1ccccn1)c1ccc(C2CCC2)cc1. The third-order valence-corrected chi connectivity index (χ3v) is 4.03. The Morgan fingerprint density at radius 1 is 1.11 bits per heavy atom. The normalized spacial score (nSPS) is 16.9. The average molecular weight is 253 g/mol. The topological polar surface area (TPSA) is 33.1 Å². The van der Waals surface area contributed by atoms with Crippen molar-refractivity contribution in [3.8, 4) is 0 Å². The number of aliphatic hydroxyl groups excluding tert-OH is 1. The van der Waals surface area contributed by atoms with Crippen molar-refractivity contribution in [1.29, 1.82) is 0 Å². The van der Waals surface area contributed by atoms with Crippen LogP contribution in [0.1, 0.15) is 48.1 Å². The molecular weight excluding hydrogens is 234 g/mol. The first-order valence-electron chi connectivity index (χ1n) is 7.01. The van der Waals surface area contributed by atoms with Gasteiger partial charge in [-0.3, -0.25) is 4.98 Å². The van der Waals surface area contributed by atoms with E-state index in [-0.39, 0.29) is 0 Å². The van der Waals surface area contributed by atoms with E-state index in [2.05, 4.69) is 29.2 Å². The van der Waals surface area contributed by atoms with Crippen molar-refractivity contribution in [3.05, 3.63) is 65.5 Å². The van der Waals surface area contributed by atoms with Crippen molar-refractivity contribution in [2.45, 2.75) is 37.7 Å². The van der Waals surface area contributed by atoms with Crippen LogP contribution in [0.3, 0.4) is 0 Å². The summed E-state index contributed by atoms with van der Waals surface area (Å²) < 4.78 is 0. The van der Waals surface area contributed by atoms with E-state index in [1.54, 1.807) is 6.20 Å². The highest BCUT2D eigenvalue weighted by Crippen LogP contribution is 2.36. The summed E-state index contributed by atoms with van der Waals surface area (Å²) in [5, 5.41) is 10.2. The van der Waals surface area contributed by atoms with Gasteiger partial charge in [0.1, 0.15) is 0 Å². The lowest BCUT2D eigenvalue weighted by molar-refractivity contribution is 0.177. The van der Waals surface area contributed by atoms with Crippen LogP contribution in [0.4, 0.5) is 0 Å². The molecule has 19 heavy (non-hydrogen) atoms. The Hall–Kier alpha value is -1.67. The lowest BCUT2D eigenvalue weighted by Crippen LogP contribution is -2.09. The second-order valence-electron chi connectivity index (χ2n) is 5.34. The molecule has 1 fully saturated rings. The molecule has 0 saturated heterocycles. The molecule has 0 bridgehead atoms. The molecule has 2 nitrogen and oxygen atoms in total. The first-order chi connectivity index (χ1) is 9.33. The maximum absolute atomic E-state index is 10.2. The molecule has 1 N–H and O–H groups in total. The molecule has 1 aliphatic rings. The maximum Gasteiger partial charge on any atom is 0.0845 e. The van der Waals surface area contributed by atoms with Gasteiger partial charge in [-0.25, -0.2) is 0 Å². The molecule has 1 atom stereocenters. The highest BCUT2D eigenvalue weighted by Gasteiger charge is 2.19. The summed E-state index contributed by atoms with van der Waals surface area (Å²) in [6.07, 6.45) is 5.86. The van der Waals surface area contributed by atoms with E-state index in [9.17, 15) is 5.11 Å². The van der Waals surface area contributed by atoms with Crippen molar-refractivity contribution in [2.75, 3.05) is 0 Å². The van der Waals surface area contributed by atoms with Gasteiger partial charge < -0.3 is 5.11 Å². The number of aromatic nitrogens is 1. The van der Waals surface area contributed by atoms with Crippen LogP contribution in [0.2, 0.25) is 0 Å². The quantitative estimate of drug-likeness (QED) is 0.902. The molecule has 1 aromatic carbocycles. The fraction of sp³-hybridized carbons (Fsp3) is 0.353. The van der Waals surface area contributed by atoms with Crippen LogP contribution in [0.5, 0.6) is 0 Å². The molecule has 2 aromatic rings. The zero-order valence-corrected chi connectivity index (χ0v) is 11.0. The van der Waals surface area contributed by atoms with Gasteiger partial charge in [-0.1, -0.05) is 36.8 Å². The fourth-order valence-corrected chi connectivity index (χ4v) is 2.57. The molecule has 0 spiro atoms. The smallest absolute Gasteiger partial charge is 0.0845 e. The summed E-state index contributed by atoms with van der Waals surface area (Å²) in [6, 6.07) is 14.2. The van der Waals surface area contributed by atoms with E-state index in [4.69, 9.17) is 0 Å². The highest BCUT2D eigenvalue weighted by atomic mass is 16.3. The van der Waals surface area contributed by atoms with Crippen LogP contribution < -0.4 is 0 Å². The van der Waals surface area contributed by atoms with Crippen LogP contribution in [0.25, 0.3) is 0 Å². The first-order valence-corrected chi connectivity index (χ1v) is 7.01. The summed E-state index contributed by atoms with van der Waals surface area (Å²) in [6.45, 7) is 0. The van der Waals surface area contributed by atoms with Crippen LogP contribution in [0, 0.1) is 0 Å². The minimum Gasteiger partial charge on any atom is -0.388 e. The molecule has 2 heteroatoms. The number of hydrogen-bond acceptors (Lipinski definition) is 2. The largest absolute Gasteiger partial charge is 0.388 e. The van der Waals surface area contributed by atoms with E-state index in [0.29, 0.717) is 6.42 Å². The Bertz CT molecular complexity index is 517. The van der Waals surface area contributed by atoms with Gasteiger partial charge in [-0.15, -0.1) is 0 Å². The Labute approximate surface area is 114 Å². The Morgan fingerprint density at radius 3 is 2.47 bits per heavy atom. The minimum absolute atomic E-state index is 0.467. The monoisotopic (exact) mass is 253 g/mol. The van der Waals surface area contributed by atoms with Crippen LogP contribution >= 0.6 is 0 Å². The third-order valence-electron chi connectivity index (χ3n) is 4.03. The number of benzene rings is 1. The summed E-state index contributed by atoms with van der Waals surface area (Å²) in [5.41, 5.74) is 3.33. The maximum atomic E-state index is 10.2. The van der Waals surface area contributed by atoms with Crippen molar-refractivity contribution in [3.63, 3.8) is 0 Å². The second kappa shape index (κ2) is 5.54. The predicted octanol–water partition coefficient (Wildman–Crippen LogP) is 3.63. The average Bonchev–Trinajstić information content (AvgIpc) is 2.39. The fourth-order valence-electron chi connectivity index (χ4n) is 2.57. The molecule has 1 aromatic heterocycles. The zero-order chi connectivity index (χ0) is 13.1. The van der Waals surface area contributed by atoms with E-state index < -0.39 is 6.10 Å². The van der Waals surface area contributed by atoms with Gasteiger partial charge >= 0.3 is 0 Å². The van der Waals surface area contributed by atoms with Gasteiger partial charge in [0, 0.05) is 18.3 Å². The summed E-state index contributed by atoms with van der Waals surface area (Å²) >= 11 is 0. The molecule has 1 saturated carbocycles. The summed E-state index contributed by atoms with van der Waals surface area (Å²) in [5.74, 6) is 0.752. The predicted molar refractivity (Wildman–Crippen MR) is 75.9 cm³/mol. The number of aliphatic hydroxyl groups is 1. The lowest BCUT2D eigenvalue weighted by Gasteiger charge is -2.26. The molecule has 0 amide bonds. The van der Waals surface area contributed by atoms with E-state index in [0.717, 1.165) is 17.2 Å². The van der Waals surface area contributed by atoms with Gasteiger partial charge in [0.25, 0.3) is 0 Å². The number of hydrogen-bond donors (Lipinski definition) is 1. The standard InChI is InChI=1S/C17H19NO/c19-17(12-16-6-1-2-11-18-16)15-9-7-14(8-10-15)13-4-3-5-13/h1-2,6-11,13,17,19H,3-5,12H2. The van der Waals surface area contributed by atoms with Crippen molar-refractivity contribution >= 4 is 0 Å². The molecule has 0 aliphatic heterocycles. The molecule has 0 radical (unpaired) electrons. The zero-order valence-electron chi connectivity index (χ0n) is 11.0. The van der Waals surface area contributed by atoms with Gasteiger partial charge in [0.2, 0.25) is 0 Å². The number of nitrogens with zero attached hydrogens (tertiary/aromatic N) is 1. The van der Waals surface area contributed by atoms with Crippen LogP contribution in [0.15, 0.2) is 48.7 Å².